The van der Waals surface area contributed by atoms with Gasteiger partial charge in [0.2, 0.25) is 0 Å². The lowest BCUT2D eigenvalue weighted by Crippen LogP contribution is -2.04. The third-order valence-electron chi connectivity index (χ3n) is 1.94. The van der Waals surface area contributed by atoms with Gasteiger partial charge in [0.15, 0.2) is 5.17 Å². The number of amidine groups is 1. The van der Waals surface area contributed by atoms with Crippen molar-refractivity contribution in [3.05, 3.63) is 29.8 Å². The van der Waals surface area contributed by atoms with Crippen LogP contribution in [-0.4, -0.2) is 24.2 Å². The monoisotopic (exact) mass is 251 g/mol. The molecule has 0 radical (unpaired) electrons. The topological polar surface area (TPSA) is 60.0 Å². The highest BCUT2D eigenvalue weighted by Gasteiger charge is 1.99. The second kappa shape index (κ2) is 7.73. The predicted octanol–water partition coefficient (Wildman–Crippen LogP) is 2.49. The second-order valence-electron chi connectivity index (χ2n) is 3.27. The summed E-state index contributed by atoms with van der Waals surface area (Å²) in [5, 5.41) is 8.19. The van der Waals surface area contributed by atoms with Crippen LogP contribution in [0.2, 0.25) is 0 Å². The van der Waals surface area contributed by atoms with Crippen molar-refractivity contribution < 1.29 is 4.74 Å². The van der Waals surface area contributed by atoms with Crippen LogP contribution < -0.4 is 10.5 Å². The first-order chi connectivity index (χ1) is 8.27. The minimum absolute atomic E-state index is 0.438. The number of ether oxygens (including phenoxy) is 1. The summed E-state index contributed by atoms with van der Waals surface area (Å²) < 4.78 is 5.59. The number of rotatable bonds is 5. The average molecular weight is 251 g/mol. The Morgan fingerprint density at radius 2 is 2.24 bits per heavy atom. The smallest absolute Gasteiger partial charge is 0.180 e. The summed E-state index contributed by atoms with van der Waals surface area (Å²) in [7, 11) is 0. The molecular formula is C12H17N3OS. The van der Waals surface area contributed by atoms with Crippen molar-refractivity contribution in [1.82, 2.24) is 0 Å². The van der Waals surface area contributed by atoms with E-state index in [9.17, 15) is 0 Å². The maximum atomic E-state index is 5.59. The van der Waals surface area contributed by atoms with E-state index >= 15 is 0 Å². The Morgan fingerprint density at radius 1 is 1.47 bits per heavy atom. The van der Waals surface area contributed by atoms with E-state index in [2.05, 4.69) is 17.1 Å². The summed E-state index contributed by atoms with van der Waals surface area (Å²) in [6, 6.07) is 7.71. The molecule has 0 amide bonds. The van der Waals surface area contributed by atoms with Crippen LogP contribution >= 0.6 is 11.8 Å². The molecule has 92 valence electrons. The molecule has 0 saturated heterocycles. The normalized spacial score (nSPS) is 12.0. The molecule has 5 heteroatoms. The summed E-state index contributed by atoms with van der Waals surface area (Å²) in [5.41, 5.74) is 6.42. The number of para-hydroxylation sites is 1. The van der Waals surface area contributed by atoms with Crippen LogP contribution in [-0.2, 0) is 0 Å². The van der Waals surface area contributed by atoms with Gasteiger partial charge in [-0.25, -0.2) is 0 Å². The summed E-state index contributed by atoms with van der Waals surface area (Å²) >= 11 is 1.36. The van der Waals surface area contributed by atoms with E-state index in [1.807, 2.05) is 30.5 Å². The van der Waals surface area contributed by atoms with Crippen molar-refractivity contribution in [2.24, 2.45) is 15.9 Å². The van der Waals surface area contributed by atoms with Crippen molar-refractivity contribution >= 4 is 23.1 Å². The van der Waals surface area contributed by atoms with Gasteiger partial charge in [0, 0.05) is 5.56 Å². The van der Waals surface area contributed by atoms with E-state index in [1.165, 1.54) is 11.8 Å². The lowest BCUT2D eigenvalue weighted by atomic mass is 10.2. The van der Waals surface area contributed by atoms with Gasteiger partial charge in [-0.05, 0) is 24.8 Å². The maximum Gasteiger partial charge on any atom is 0.180 e. The zero-order chi connectivity index (χ0) is 12.5. The van der Waals surface area contributed by atoms with Crippen molar-refractivity contribution in [2.45, 2.75) is 13.3 Å². The summed E-state index contributed by atoms with van der Waals surface area (Å²) in [6.07, 6.45) is 4.48. The Labute approximate surface area is 106 Å². The third-order valence-corrected chi connectivity index (χ3v) is 2.44. The minimum Gasteiger partial charge on any atom is -0.493 e. The lowest BCUT2D eigenvalue weighted by Gasteiger charge is -2.06. The lowest BCUT2D eigenvalue weighted by molar-refractivity contribution is 0.317. The van der Waals surface area contributed by atoms with E-state index in [0.29, 0.717) is 11.8 Å². The molecular weight excluding hydrogens is 234 g/mol. The largest absolute Gasteiger partial charge is 0.493 e. The molecule has 1 aromatic rings. The zero-order valence-corrected chi connectivity index (χ0v) is 10.9. The number of nitrogens with two attached hydrogens (primary N) is 1. The molecule has 0 aliphatic carbocycles. The molecule has 1 rings (SSSR count). The Morgan fingerprint density at radius 3 is 2.94 bits per heavy atom. The first-order valence-corrected chi connectivity index (χ1v) is 6.62. The number of hydrogen-bond donors (Lipinski definition) is 1. The summed E-state index contributed by atoms with van der Waals surface area (Å²) in [5.74, 6) is 0.816. The molecule has 1 aromatic carbocycles. The fraction of sp³-hybridized carbons (Fsp3) is 0.333. The highest BCUT2D eigenvalue weighted by atomic mass is 32.2. The van der Waals surface area contributed by atoms with E-state index < -0.39 is 0 Å². The molecule has 17 heavy (non-hydrogen) atoms. The van der Waals surface area contributed by atoms with Crippen LogP contribution in [0.25, 0.3) is 0 Å². The number of thioether (sulfide) groups is 1. The van der Waals surface area contributed by atoms with Crippen molar-refractivity contribution in [3.63, 3.8) is 0 Å². The van der Waals surface area contributed by atoms with Crippen LogP contribution in [0.4, 0.5) is 0 Å². The molecule has 0 aliphatic rings. The van der Waals surface area contributed by atoms with Gasteiger partial charge >= 0.3 is 0 Å². The molecule has 0 saturated carbocycles. The van der Waals surface area contributed by atoms with Crippen LogP contribution in [0.1, 0.15) is 18.9 Å². The van der Waals surface area contributed by atoms with Crippen molar-refractivity contribution in [3.8, 4) is 5.75 Å². The van der Waals surface area contributed by atoms with E-state index in [-0.39, 0.29) is 0 Å². The van der Waals surface area contributed by atoms with Gasteiger partial charge in [0.25, 0.3) is 0 Å². The van der Waals surface area contributed by atoms with E-state index in [4.69, 9.17) is 10.5 Å². The van der Waals surface area contributed by atoms with Crippen molar-refractivity contribution in [2.75, 3.05) is 12.9 Å². The minimum atomic E-state index is 0.438. The fourth-order valence-electron chi connectivity index (χ4n) is 1.12. The van der Waals surface area contributed by atoms with E-state index in [0.717, 1.165) is 17.7 Å². The van der Waals surface area contributed by atoms with Crippen LogP contribution in [0, 0.1) is 0 Å². The summed E-state index contributed by atoms with van der Waals surface area (Å²) in [4.78, 5) is 0. The SMILES string of the molecule is CCCOc1ccccc1/C=N\N=C(/N)SC. The fourth-order valence-corrected chi connectivity index (χ4v) is 1.25. The average Bonchev–Trinajstić information content (AvgIpc) is 2.37. The first kappa shape index (κ1) is 13.6. The zero-order valence-electron chi connectivity index (χ0n) is 10.1. The van der Waals surface area contributed by atoms with Crippen LogP contribution in [0.5, 0.6) is 5.75 Å². The maximum absolute atomic E-state index is 5.59. The molecule has 0 atom stereocenters. The Hall–Kier alpha value is -1.49. The standard InChI is InChI=1S/C12H17N3OS/c1-3-8-16-11-7-5-4-6-10(11)9-14-15-12(13)17-2/h4-7,9H,3,8H2,1-2H3,(H2,13,15)/b14-9-. The molecule has 0 bridgehead atoms. The van der Waals surface area contributed by atoms with Gasteiger partial charge in [0.1, 0.15) is 5.75 Å². The third kappa shape index (κ3) is 4.91. The highest BCUT2D eigenvalue weighted by Crippen LogP contribution is 2.16. The number of nitrogens with zero attached hydrogens (tertiary/aromatic N) is 2. The molecule has 0 fully saturated rings. The van der Waals surface area contributed by atoms with Gasteiger partial charge in [-0.3, -0.25) is 0 Å². The molecule has 4 nitrogen and oxygen atoms in total. The molecule has 0 heterocycles. The molecule has 0 spiro atoms. The van der Waals surface area contributed by atoms with E-state index in [1.54, 1.807) is 6.21 Å². The molecule has 0 unspecified atom stereocenters. The van der Waals surface area contributed by atoms with Gasteiger partial charge in [-0.1, -0.05) is 30.8 Å². The second-order valence-corrected chi connectivity index (χ2v) is 4.10. The molecule has 0 aromatic heterocycles. The first-order valence-electron chi connectivity index (χ1n) is 5.40. The van der Waals surface area contributed by atoms with Gasteiger partial charge in [0.05, 0.1) is 12.8 Å². The van der Waals surface area contributed by atoms with Crippen LogP contribution in [0.15, 0.2) is 34.5 Å². The number of hydrogen-bond acceptors (Lipinski definition) is 4. The predicted molar refractivity (Wildman–Crippen MR) is 75.0 cm³/mol. The Balaban J connectivity index is 2.75. The quantitative estimate of drug-likeness (QED) is 0.497. The van der Waals surface area contributed by atoms with Gasteiger partial charge in [-0.2, -0.15) is 5.10 Å². The van der Waals surface area contributed by atoms with Crippen molar-refractivity contribution in [1.29, 1.82) is 0 Å². The van der Waals surface area contributed by atoms with Crippen LogP contribution in [0.3, 0.4) is 0 Å². The van der Waals surface area contributed by atoms with Gasteiger partial charge < -0.3 is 10.5 Å². The number of benzene rings is 1. The van der Waals surface area contributed by atoms with Gasteiger partial charge in [-0.15, -0.1) is 5.10 Å². The summed E-state index contributed by atoms with van der Waals surface area (Å²) in [6.45, 7) is 2.77. The molecule has 0 aliphatic heterocycles. The highest BCUT2D eigenvalue weighted by molar-refractivity contribution is 8.13. The Kier molecular flexibility index (Phi) is 6.17. The molecule has 2 N–H and O–H groups in total. The Bertz CT molecular complexity index is 404.